The van der Waals surface area contributed by atoms with E-state index in [0.29, 0.717) is 18.1 Å². The number of ether oxygens (including phenoxy) is 1. The van der Waals surface area contributed by atoms with E-state index in [-0.39, 0.29) is 11.1 Å². The van der Waals surface area contributed by atoms with Crippen LogP contribution in [-0.4, -0.2) is 29.2 Å². The Hall–Kier alpha value is -1.75. The molecule has 4 nitrogen and oxygen atoms in total. The number of benzene rings is 1. The quantitative estimate of drug-likeness (QED) is 0.779. The second-order valence-electron chi connectivity index (χ2n) is 4.30. The van der Waals surface area contributed by atoms with Crippen molar-refractivity contribution in [3.8, 4) is 5.75 Å². The van der Waals surface area contributed by atoms with Gasteiger partial charge in [-0.2, -0.15) is 0 Å². The molecular formula is C15H17NO3S. The molecule has 106 valence electrons. The highest BCUT2D eigenvalue weighted by Crippen LogP contribution is 2.33. The van der Waals surface area contributed by atoms with E-state index in [0.717, 1.165) is 29.5 Å². The highest BCUT2D eigenvalue weighted by atomic mass is 32.2. The highest BCUT2D eigenvalue weighted by molar-refractivity contribution is 8.18. The summed E-state index contributed by atoms with van der Waals surface area (Å²) in [5, 5.41) is -0.197. The van der Waals surface area contributed by atoms with Gasteiger partial charge in [-0.15, -0.1) is 0 Å². The number of amides is 2. The molecule has 0 atom stereocenters. The lowest BCUT2D eigenvalue weighted by Gasteiger charge is -2.10. The summed E-state index contributed by atoms with van der Waals surface area (Å²) in [6, 6.07) is 7.49. The second kappa shape index (κ2) is 6.61. The largest absolute Gasteiger partial charge is 0.493 e. The molecule has 0 aromatic heterocycles. The van der Waals surface area contributed by atoms with E-state index in [4.69, 9.17) is 4.74 Å². The van der Waals surface area contributed by atoms with Gasteiger partial charge < -0.3 is 4.74 Å². The summed E-state index contributed by atoms with van der Waals surface area (Å²) in [7, 11) is 0. The smallest absolute Gasteiger partial charge is 0.293 e. The minimum absolute atomic E-state index is 0.197. The molecule has 1 saturated heterocycles. The average Bonchev–Trinajstić information content (AvgIpc) is 2.69. The molecule has 1 fully saturated rings. The zero-order valence-electron chi connectivity index (χ0n) is 11.6. The van der Waals surface area contributed by atoms with E-state index in [2.05, 4.69) is 0 Å². The summed E-state index contributed by atoms with van der Waals surface area (Å²) in [6.45, 7) is 4.88. The third kappa shape index (κ3) is 3.04. The molecule has 0 aliphatic carbocycles. The van der Waals surface area contributed by atoms with Gasteiger partial charge in [0.25, 0.3) is 11.1 Å². The first-order valence-corrected chi connectivity index (χ1v) is 7.46. The Morgan fingerprint density at radius 2 is 2.00 bits per heavy atom. The van der Waals surface area contributed by atoms with E-state index < -0.39 is 0 Å². The minimum atomic E-state index is -0.215. The first kappa shape index (κ1) is 14.7. The van der Waals surface area contributed by atoms with E-state index in [1.165, 1.54) is 4.90 Å². The van der Waals surface area contributed by atoms with Gasteiger partial charge in [-0.1, -0.05) is 25.1 Å². The number of nitrogens with zero attached hydrogens (tertiary/aromatic N) is 1. The van der Waals surface area contributed by atoms with E-state index in [1.807, 2.05) is 38.1 Å². The van der Waals surface area contributed by atoms with Crippen molar-refractivity contribution in [2.45, 2.75) is 20.3 Å². The van der Waals surface area contributed by atoms with Crippen molar-refractivity contribution in [2.75, 3.05) is 13.2 Å². The number of rotatable bonds is 5. The van der Waals surface area contributed by atoms with Crippen molar-refractivity contribution in [2.24, 2.45) is 0 Å². The van der Waals surface area contributed by atoms with Crippen molar-refractivity contribution in [1.29, 1.82) is 0 Å². The lowest BCUT2D eigenvalue weighted by molar-refractivity contribution is -0.122. The molecule has 1 heterocycles. The zero-order valence-corrected chi connectivity index (χ0v) is 12.4. The van der Waals surface area contributed by atoms with Crippen LogP contribution in [0.15, 0.2) is 29.2 Å². The number of imide groups is 1. The number of thioether (sulfide) groups is 1. The van der Waals surface area contributed by atoms with Gasteiger partial charge in [-0.25, -0.2) is 0 Å². The normalized spacial score (nSPS) is 17.1. The molecule has 2 amide bonds. The van der Waals surface area contributed by atoms with Crippen LogP contribution in [0.4, 0.5) is 4.79 Å². The lowest BCUT2D eigenvalue weighted by Crippen LogP contribution is -2.28. The Balaban J connectivity index is 2.28. The first-order valence-electron chi connectivity index (χ1n) is 6.64. The van der Waals surface area contributed by atoms with Crippen LogP contribution in [0, 0.1) is 0 Å². The van der Waals surface area contributed by atoms with Crippen LogP contribution in [0.2, 0.25) is 0 Å². The molecule has 0 bridgehead atoms. The van der Waals surface area contributed by atoms with Crippen LogP contribution in [0.5, 0.6) is 5.75 Å². The molecule has 1 aliphatic heterocycles. The third-order valence-electron chi connectivity index (χ3n) is 2.83. The van der Waals surface area contributed by atoms with Gasteiger partial charge in [-0.3, -0.25) is 14.5 Å². The van der Waals surface area contributed by atoms with Gasteiger partial charge in [0.05, 0.1) is 11.5 Å². The predicted molar refractivity (Wildman–Crippen MR) is 80.6 cm³/mol. The van der Waals surface area contributed by atoms with E-state index in [9.17, 15) is 9.59 Å². The van der Waals surface area contributed by atoms with Crippen molar-refractivity contribution < 1.29 is 14.3 Å². The van der Waals surface area contributed by atoms with Crippen LogP contribution < -0.4 is 4.74 Å². The van der Waals surface area contributed by atoms with Crippen LogP contribution in [0.25, 0.3) is 6.08 Å². The fraction of sp³-hybridized carbons (Fsp3) is 0.333. The lowest BCUT2D eigenvalue weighted by atomic mass is 10.2. The Bertz CT molecular complexity index is 554. The number of hydrogen-bond acceptors (Lipinski definition) is 4. The summed E-state index contributed by atoms with van der Waals surface area (Å²) in [4.78, 5) is 25.7. The zero-order chi connectivity index (χ0) is 14.5. The van der Waals surface area contributed by atoms with Crippen LogP contribution in [0.1, 0.15) is 25.8 Å². The average molecular weight is 291 g/mol. The monoisotopic (exact) mass is 291 g/mol. The fourth-order valence-corrected chi connectivity index (χ4v) is 2.80. The van der Waals surface area contributed by atoms with E-state index >= 15 is 0 Å². The molecule has 0 N–H and O–H groups in total. The van der Waals surface area contributed by atoms with Crippen LogP contribution >= 0.6 is 11.8 Å². The summed E-state index contributed by atoms with van der Waals surface area (Å²) in [6.07, 6.45) is 2.49. The van der Waals surface area contributed by atoms with Gasteiger partial charge in [0.2, 0.25) is 0 Å². The number of para-hydroxylation sites is 1. The number of carbonyl (C=O) groups is 2. The molecule has 0 spiro atoms. The van der Waals surface area contributed by atoms with Gasteiger partial charge in [-0.05, 0) is 37.2 Å². The SMILES string of the molecule is CCCN1C(=O)S/C(=C/c2ccccc2OCC)C1=O. The number of hydrogen-bond donors (Lipinski definition) is 0. The van der Waals surface area contributed by atoms with Crippen molar-refractivity contribution in [3.63, 3.8) is 0 Å². The Morgan fingerprint density at radius 3 is 2.70 bits per heavy atom. The molecule has 2 rings (SSSR count). The second-order valence-corrected chi connectivity index (χ2v) is 5.30. The highest BCUT2D eigenvalue weighted by Gasteiger charge is 2.34. The molecule has 1 aliphatic rings. The van der Waals surface area contributed by atoms with Gasteiger partial charge in [0.1, 0.15) is 5.75 Å². The first-order chi connectivity index (χ1) is 9.67. The molecule has 1 aromatic carbocycles. The van der Waals surface area contributed by atoms with E-state index in [1.54, 1.807) is 6.08 Å². The summed E-state index contributed by atoms with van der Waals surface area (Å²) in [5.74, 6) is 0.505. The maximum Gasteiger partial charge on any atom is 0.293 e. The molecule has 0 radical (unpaired) electrons. The van der Waals surface area contributed by atoms with Gasteiger partial charge >= 0.3 is 0 Å². The maximum atomic E-state index is 12.2. The van der Waals surface area contributed by atoms with Gasteiger partial charge in [0, 0.05) is 12.1 Å². The molecule has 20 heavy (non-hydrogen) atoms. The summed E-state index contributed by atoms with van der Waals surface area (Å²) < 4.78 is 5.52. The fourth-order valence-electron chi connectivity index (χ4n) is 1.94. The Labute approximate surface area is 122 Å². The standard InChI is InChI=1S/C15H17NO3S/c1-3-9-16-14(17)13(20-15(16)18)10-11-7-5-6-8-12(11)19-4-2/h5-8,10H,3-4,9H2,1-2H3/b13-10+. The molecule has 0 saturated carbocycles. The van der Waals surface area contributed by atoms with Gasteiger partial charge in [0.15, 0.2) is 0 Å². The molecule has 0 unspecified atom stereocenters. The topological polar surface area (TPSA) is 46.6 Å². The molecule has 1 aromatic rings. The van der Waals surface area contributed by atoms with Crippen LogP contribution in [-0.2, 0) is 4.79 Å². The van der Waals surface area contributed by atoms with Crippen molar-refractivity contribution in [1.82, 2.24) is 4.90 Å². The van der Waals surface area contributed by atoms with Crippen molar-refractivity contribution in [3.05, 3.63) is 34.7 Å². The summed E-state index contributed by atoms with van der Waals surface area (Å²) in [5.41, 5.74) is 0.816. The minimum Gasteiger partial charge on any atom is -0.493 e. The molecule has 5 heteroatoms. The Morgan fingerprint density at radius 1 is 1.25 bits per heavy atom. The summed E-state index contributed by atoms with van der Waals surface area (Å²) >= 11 is 0.986. The van der Waals surface area contributed by atoms with Crippen molar-refractivity contribution >= 4 is 29.0 Å². The number of carbonyl (C=O) groups excluding carboxylic acids is 2. The predicted octanol–water partition coefficient (Wildman–Crippen LogP) is 3.53. The van der Waals surface area contributed by atoms with Crippen LogP contribution in [0.3, 0.4) is 0 Å². The maximum absolute atomic E-state index is 12.2. The molecular weight excluding hydrogens is 274 g/mol. The Kier molecular flexibility index (Phi) is 4.84. The third-order valence-corrected chi connectivity index (χ3v) is 3.73.